The number of hydrogen-bond acceptors (Lipinski definition) is 4. The lowest BCUT2D eigenvalue weighted by Crippen LogP contribution is -2.00. The second kappa shape index (κ2) is 13.6. The van der Waals surface area contributed by atoms with Gasteiger partial charge in [0.05, 0.1) is 30.4 Å². The van der Waals surface area contributed by atoms with Crippen LogP contribution in [0.15, 0.2) is 210 Å². The van der Waals surface area contributed by atoms with Gasteiger partial charge in [0.25, 0.3) is 0 Å². The van der Waals surface area contributed by atoms with E-state index in [0.717, 1.165) is 49.4 Å². The number of nitrogens with zero attached hydrogens (tertiary/aromatic N) is 4. The van der Waals surface area contributed by atoms with Gasteiger partial charge in [-0.3, -0.25) is 0 Å². The van der Waals surface area contributed by atoms with Crippen LogP contribution < -0.4 is 0 Å². The molecule has 10 aromatic carbocycles. The normalized spacial score (nSPS) is 14.1. The van der Waals surface area contributed by atoms with Crippen molar-refractivity contribution in [1.82, 2.24) is 19.5 Å². The minimum atomic E-state index is -0.618. The number of furan rings is 1. The fraction of sp³-hybridized carbons (Fsp3) is 0. The smallest absolute Gasteiger partial charge is 0.164 e. The van der Waals surface area contributed by atoms with Gasteiger partial charge in [-0.05, 0) is 86.6 Å². The van der Waals surface area contributed by atoms with E-state index < -0.39 is 60.4 Å². The van der Waals surface area contributed by atoms with Gasteiger partial charge < -0.3 is 8.98 Å². The molecule has 13 rings (SSSR count). The molecule has 5 heteroatoms. The zero-order valence-corrected chi connectivity index (χ0v) is 32.6. The van der Waals surface area contributed by atoms with Crippen LogP contribution in [0.2, 0.25) is 0 Å². The van der Waals surface area contributed by atoms with Crippen molar-refractivity contribution < 1.29 is 18.1 Å². The Hall–Kier alpha value is -8.41. The van der Waals surface area contributed by atoms with Gasteiger partial charge in [-0.2, -0.15) is 0 Å². The first-order valence-corrected chi connectivity index (χ1v) is 20.1. The summed E-state index contributed by atoms with van der Waals surface area (Å²) in [6.07, 6.45) is 0. The topological polar surface area (TPSA) is 56.7 Å². The summed E-state index contributed by atoms with van der Waals surface area (Å²) in [5.74, 6) is -0.730. The Bertz CT molecular complexity index is 4310. The van der Waals surface area contributed by atoms with Crippen LogP contribution in [-0.4, -0.2) is 19.5 Å². The lowest BCUT2D eigenvalue weighted by molar-refractivity contribution is 0.669. The van der Waals surface area contributed by atoms with Crippen molar-refractivity contribution in [3.8, 4) is 51.0 Å². The van der Waals surface area contributed by atoms with Crippen molar-refractivity contribution in [2.75, 3.05) is 0 Å². The fourth-order valence-electron chi connectivity index (χ4n) is 9.00. The van der Waals surface area contributed by atoms with Crippen LogP contribution in [-0.2, 0) is 0 Å². The van der Waals surface area contributed by atoms with Crippen molar-refractivity contribution in [2.45, 2.75) is 0 Å². The minimum Gasteiger partial charge on any atom is -0.456 e. The van der Waals surface area contributed by atoms with Gasteiger partial charge in [0, 0.05) is 43.6 Å². The molecule has 288 valence electrons. The summed E-state index contributed by atoms with van der Waals surface area (Å²) in [6.45, 7) is 0. The van der Waals surface area contributed by atoms with E-state index in [1.807, 2.05) is 24.3 Å². The maximum Gasteiger partial charge on any atom is 0.164 e. The second-order valence-electron chi connectivity index (χ2n) is 15.2. The molecule has 0 aliphatic heterocycles. The fourth-order valence-corrected chi connectivity index (χ4v) is 9.00. The van der Waals surface area contributed by atoms with E-state index in [4.69, 9.17) is 28.1 Å². The molecule has 0 N–H and O–H groups in total. The van der Waals surface area contributed by atoms with Crippen LogP contribution in [0.1, 0.15) is 13.7 Å². The summed E-state index contributed by atoms with van der Waals surface area (Å²) in [5, 5.41) is 10.4. The zero-order valence-electron chi connectivity index (χ0n) is 42.6. The molecule has 0 unspecified atom stereocenters. The third-order valence-electron chi connectivity index (χ3n) is 11.8. The first kappa shape index (κ1) is 25.9. The quantitative estimate of drug-likeness (QED) is 0.174. The van der Waals surface area contributed by atoms with Crippen LogP contribution >= 0.6 is 0 Å². The Morgan fingerprint density at radius 2 is 0.952 bits per heavy atom. The SMILES string of the molecule is [2H]c1c([2H])c([2H])c(-c2nc(-c3c([2H])c([2H])c([2H])c([2H])c3[2H])nc(-c3cccc4oc5cc(-c6ccc(-n7c8cc9ccccc9cc8c8cc9ccccc9cc87)c7ccccc67)ccc5c34)n2)c([2H])c1[2H]. The summed E-state index contributed by atoms with van der Waals surface area (Å²) in [6, 6.07) is 44.0. The first-order valence-electron chi connectivity index (χ1n) is 25.1. The summed E-state index contributed by atoms with van der Waals surface area (Å²) in [5.41, 5.74) is 5.88. The van der Waals surface area contributed by atoms with E-state index in [9.17, 15) is 0 Å². The van der Waals surface area contributed by atoms with E-state index >= 15 is 0 Å². The van der Waals surface area contributed by atoms with E-state index in [1.165, 1.54) is 21.5 Å². The number of benzene rings is 10. The molecule has 0 fully saturated rings. The number of aromatic nitrogens is 4. The third kappa shape index (κ3) is 5.38. The Morgan fingerprint density at radius 1 is 0.387 bits per heavy atom. The average Bonchev–Trinajstić information content (AvgIpc) is 3.93. The molecular weight excluding hydrogens is 757 g/mol. The summed E-state index contributed by atoms with van der Waals surface area (Å²) >= 11 is 0. The molecule has 0 saturated carbocycles. The van der Waals surface area contributed by atoms with Crippen molar-refractivity contribution >= 4 is 76.1 Å². The lowest BCUT2D eigenvalue weighted by atomic mass is 9.95. The summed E-state index contributed by atoms with van der Waals surface area (Å²) in [7, 11) is 0. The molecule has 0 amide bonds. The average molecular weight is 801 g/mol. The monoisotopic (exact) mass is 800 g/mol. The van der Waals surface area contributed by atoms with Gasteiger partial charge in [-0.25, -0.2) is 15.0 Å². The highest BCUT2D eigenvalue weighted by Crippen LogP contribution is 2.43. The molecule has 3 aromatic heterocycles. The maximum atomic E-state index is 8.78. The van der Waals surface area contributed by atoms with Crippen molar-refractivity contribution in [3.05, 3.63) is 206 Å². The van der Waals surface area contributed by atoms with E-state index in [-0.39, 0.29) is 28.6 Å². The number of hydrogen-bond donors (Lipinski definition) is 0. The van der Waals surface area contributed by atoms with Crippen LogP contribution in [0.25, 0.3) is 127 Å². The molecule has 13 aromatic rings. The Balaban J connectivity index is 0.998. The van der Waals surface area contributed by atoms with E-state index in [2.05, 4.69) is 113 Å². The molecular formula is C57H34N4O. The molecule has 0 aliphatic carbocycles. The highest BCUT2D eigenvalue weighted by molar-refractivity contribution is 6.18. The van der Waals surface area contributed by atoms with Crippen molar-refractivity contribution in [1.29, 1.82) is 0 Å². The maximum absolute atomic E-state index is 8.78. The number of fused-ring (bicyclic) bond motifs is 9. The van der Waals surface area contributed by atoms with Crippen molar-refractivity contribution in [2.24, 2.45) is 0 Å². The molecule has 5 nitrogen and oxygen atoms in total. The Labute approximate surface area is 369 Å². The second-order valence-corrected chi connectivity index (χ2v) is 15.2. The van der Waals surface area contributed by atoms with Gasteiger partial charge in [0.1, 0.15) is 11.2 Å². The van der Waals surface area contributed by atoms with Crippen LogP contribution in [0.4, 0.5) is 0 Å². The van der Waals surface area contributed by atoms with Gasteiger partial charge >= 0.3 is 0 Å². The predicted octanol–water partition coefficient (Wildman–Crippen LogP) is 15.0. The molecule has 0 saturated heterocycles. The van der Waals surface area contributed by atoms with Gasteiger partial charge in [0.2, 0.25) is 0 Å². The molecule has 0 atom stereocenters. The third-order valence-corrected chi connectivity index (χ3v) is 11.8. The summed E-state index contributed by atoms with van der Waals surface area (Å²) in [4.78, 5) is 13.9. The molecule has 3 heterocycles. The Morgan fingerprint density at radius 3 is 1.58 bits per heavy atom. The largest absolute Gasteiger partial charge is 0.456 e. The van der Waals surface area contributed by atoms with Crippen LogP contribution in [0.5, 0.6) is 0 Å². The zero-order chi connectivity index (χ0) is 49.4. The van der Waals surface area contributed by atoms with E-state index in [0.29, 0.717) is 27.5 Å². The highest BCUT2D eigenvalue weighted by atomic mass is 16.3. The van der Waals surface area contributed by atoms with Crippen LogP contribution in [0.3, 0.4) is 0 Å². The van der Waals surface area contributed by atoms with Gasteiger partial charge in [-0.15, -0.1) is 0 Å². The summed E-state index contributed by atoms with van der Waals surface area (Å²) < 4.78 is 94.1. The van der Waals surface area contributed by atoms with Crippen LogP contribution in [0, 0.1) is 0 Å². The molecule has 0 bridgehead atoms. The van der Waals surface area contributed by atoms with E-state index in [1.54, 1.807) is 18.2 Å². The minimum absolute atomic E-state index is 0.0429. The highest BCUT2D eigenvalue weighted by Gasteiger charge is 2.21. The molecule has 0 aliphatic rings. The lowest BCUT2D eigenvalue weighted by Gasteiger charge is -2.15. The first-order chi connectivity index (χ1) is 34.9. The Kier molecular flexibility index (Phi) is 5.67. The predicted molar refractivity (Wildman–Crippen MR) is 256 cm³/mol. The van der Waals surface area contributed by atoms with Gasteiger partial charge in [0.15, 0.2) is 17.5 Å². The molecule has 0 spiro atoms. The molecule has 62 heavy (non-hydrogen) atoms. The standard InChI is InChI=1S/C57H34N4O/c1-3-14-35(15-4-1)55-58-56(36-16-5-2-6-17-36)60-57(59-55)46-24-13-25-52-54(46)45-27-26-41(34-53(45)62-52)42-28-29-49(44-23-12-11-22-43(42)44)61-50-32-39-20-9-7-18-37(39)30-47(50)48-31-38-19-8-10-21-40(38)33-51(48)61/h1-34H/i1D,2D,3D,4D,5D,6D,14D,15D,16D,17D. The van der Waals surface area contributed by atoms with Crippen molar-refractivity contribution in [3.63, 3.8) is 0 Å². The molecule has 0 radical (unpaired) electrons. The van der Waals surface area contributed by atoms with Gasteiger partial charge in [-0.1, -0.05) is 157 Å². The number of rotatable bonds is 5.